The maximum atomic E-state index is 14.3. The van der Waals surface area contributed by atoms with Crippen molar-refractivity contribution in [2.45, 2.75) is 25.8 Å². The van der Waals surface area contributed by atoms with Crippen LogP contribution < -0.4 is 20.9 Å². The molecule has 0 aliphatic carbocycles. The van der Waals surface area contributed by atoms with Crippen molar-refractivity contribution in [3.63, 3.8) is 0 Å². The third-order valence-corrected chi connectivity index (χ3v) is 6.64. The van der Waals surface area contributed by atoms with E-state index in [2.05, 4.69) is 25.9 Å². The van der Waals surface area contributed by atoms with Crippen molar-refractivity contribution in [1.29, 1.82) is 0 Å². The van der Waals surface area contributed by atoms with Gasteiger partial charge in [-0.1, -0.05) is 22.9 Å². The summed E-state index contributed by atoms with van der Waals surface area (Å²) in [6.45, 7) is 4.00. The molecule has 0 bridgehead atoms. The first kappa shape index (κ1) is 21.7. The van der Waals surface area contributed by atoms with E-state index in [4.69, 9.17) is 11.6 Å². The molecular weight excluding hydrogens is 439 g/mol. The highest BCUT2D eigenvalue weighted by molar-refractivity contribution is 7.22. The van der Waals surface area contributed by atoms with Gasteiger partial charge in [-0.15, -0.1) is 0 Å². The van der Waals surface area contributed by atoms with Gasteiger partial charge in [-0.2, -0.15) is 0 Å². The Morgan fingerprint density at radius 3 is 2.81 bits per heavy atom. The van der Waals surface area contributed by atoms with Gasteiger partial charge < -0.3 is 15.5 Å². The SMILES string of the molecule is CC(NC(=O)Nc1nc2ccc(N(C)c3ccc(Cl)cc3F)nc2s1)C1CCNCC1. The Morgan fingerprint density at radius 2 is 2.06 bits per heavy atom. The zero-order chi connectivity index (χ0) is 22.0. The van der Waals surface area contributed by atoms with Crippen molar-refractivity contribution in [3.05, 3.63) is 41.2 Å². The van der Waals surface area contributed by atoms with E-state index < -0.39 is 5.82 Å². The second kappa shape index (κ2) is 9.33. The maximum absolute atomic E-state index is 14.3. The van der Waals surface area contributed by atoms with E-state index in [0.717, 1.165) is 25.9 Å². The van der Waals surface area contributed by atoms with Crippen LogP contribution in [-0.4, -0.2) is 42.2 Å². The molecule has 1 aliphatic rings. The molecule has 1 atom stereocenters. The molecule has 10 heteroatoms. The largest absolute Gasteiger partial charge is 0.335 e. The number of rotatable bonds is 5. The number of amides is 2. The predicted octanol–water partition coefficient (Wildman–Crippen LogP) is 4.76. The average Bonchev–Trinajstić information content (AvgIpc) is 3.15. The van der Waals surface area contributed by atoms with Gasteiger partial charge in [0, 0.05) is 18.1 Å². The van der Waals surface area contributed by atoms with Crippen LogP contribution in [0.15, 0.2) is 30.3 Å². The Morgan fingerprint density at radius 1 is 1.29 bits per heavy atom. The number of carbonyl (C=O) groups excluding carboxylic acids is 1. The number of nitrogens with zero attached hydrogens (tertiary/aromatic N) is 3. The monoisotopic (exact) mass is 462 g/mol. The van der Waals surface area contributed by atoms with E-state index in [9.17, 15) is 9.18 Å². The normalized spacial score (nSPS) is 15.6. The summed E-state index contributed by atoms with van der Waals surface area (Å²) in [6, 6.07) is 7.89. The number of carbonyl (C=O) groups is 1. The number of fused-ring (bicyclic) bond motifs is 1. The number of hydrogen-bond acceptors (Lipinski definition) is 6. The molecule has 0 radical (unpaired) electrons. The van der Waals surface area contributed by atoms with Crippen molar-refractivity contribution in [2.24, 2.45) is 5.92 Å². The van der Waals surface area contributed by atoms with E-state index in [1.54, 1.807) is 36.2 Å². The molecule has 3 heterocycles. The first-order valence-electron chi connectivity index (χ1n) is 10.2. The second-order valence-corrected chi connectivity index (χ2v) is 9.06. The van der Waals surface area contributed by atoms with Crippen LogP contribution in [-0.2, 0) is 0 Å². The maximum Gasteiger partial charge on any atom is 0.321 e. The summed E-state index contributed by atoms with van der Waals surface area (Å²) in [5, 5.41) is 9.96. The molecule has 0 spiro atoms. The van der Waals surface area contributed by atoms with Crippen molar-refractivity contribution in [1.82, 2.24) is 20.6 Å². The third-order valence-electron chi connectivity index (χ3n) is 5.53. The summed E-state index contributed by atoms with van der Waals surface area (Å²) in [5.41, 5.74) is 1.03. The fourth-order valence-electron chi connectivity index (χ4n) is 3.73. The highest BCUT2D eigenvalue weighted by Crippen LogP contribution is 2.31. The van der Waals surface area contributed by atoms with Crippen molar-refractivity contribution >= 4 is 56.0 Å². The average molecular weight is 463 g/mol. The predicted molar refractivity (Wildman–Crippen MR) is 124 cm³/mol. The van der Waals surface area contributed by atoms with Gasteiger partial charge in [-0.25, -0.2) is 19.2 Å². The Balaban J connectivity index is 1.45. The number of halogens is 2. The quantitative estimate of drug-likeness (QED) is 0.509. The molecular formula is C21H24ClFN6OS. The number of benzene rings is 1. The number of piperidine rings is 1. The van der Waals surface area contributed by atoms with E-state index in [0.29, 0.717) is 37.9 Å². The number of nitrogens with one attached hydrogen (secondary N) is 3. The van der Waals surface area contributed by atoms with Gasteiger partial charge >= 0.3 is 6.03 Å². The Kier molecular flexibility index (Phi) is 6.54. The standard InChI is InChI=1S/C21H24ClFN6OS/c1-12(13-7-9-24-10-8-13)25-20(30)28-21-26-16-4-6-18(27-19(16)31-21)29(2)17-5-3-14(22)11-15(17)23/h3-6,11-13,24H,7-10H2,1-2H3,(H2,25,26,28,30). The fraction of sp³-hybridized carbons (Fsp3) is 0.381. The third kappa shape index (κ3) is 5.06. The molecule has 7 nitrogen and oxygen atoms in total. The molecule has 3 aromatic rings. The summed E-state index contributed by atoms with van der Waals surface area (Å²) in [5.74, 6) is 0.603. The van der Waals surface area contributed by atoms with Gasteiger partial charge in [0.05, 0.1) is 5.69 Å². The van der Waals surface area contributed by atoms with Crippen LogP contribution in [0.3, 0.4) is 0 Å². The number of urea groups is 1. The second-order valence-electron chi connectivity index (χ2n) is 7.64. The van der Waals surface area contributed by atoms with Crippen LogP contribution >= 0.6 is 22.9 Å². The molecule has 2 amide bonds. The minimum atomic E-state index is -0.428. The molecule has 1 unspecified atom stereocenters. The van der Waals surface area contributed by atoms with Crippen LogP contribution in [0.4, 0.5) is 25.8 Å². The lowest BCUT2D eigenvalue weighted by Gasteiger charge is -2.28. The van der Waals surface area contributed by atoms with E-state index >= 15 is 0 Å². The Labute approximate surface area is 189 Å². The molecule has 1 aromatic carbocycles. The fourth-order valence-corrected chi connectivity index (χ4v) is 4.71. The summed E-state index contributed by atoms with van der Waals surface area (Å²) in [6.07, 6.45) is 2.11. The Bertz CT molecular complexity index is 1090. The summed E-state index contributed by atoms with van der Waals surface area (Å²) >= 11 is 7.12. The lowest BCUT2D eigenvalue weighted by molar-refractivity contribution is 0.237. The van der Waals surface area contributed by atoms with Gasteiger partial charge in [0.1, 0.15) is 22.0 Å². The van der Waals surface area contributed by atoms with Gasteiger partial charge in [0.2, 0.25) is 0 Å². The lowest BCUT2D eigenvalue weighted by atomic mass is 9.91. The van der Waals surface area contributed by atoms with Gasteiger partial charge in [0.15, 0.2) is 5.13 Å². The lowest BCUT2D eigenvalue weighted by Crippen LogP contribution is -2.44. The molecule has 3 N–H and O–H groups in total. The zero-order valence-corrected chi connectivity index (χ0v) is 18.9. The van der Waals surface area contributed by atoms with Crippen LogP contribution in [0.25, 0.3) is 10.3 Å². The molecule has 2 aromatic heterocycles. The topological polar surface area (TPSA) is 82.2 Å². The summed E-state index contributed by atoms with van der Waals surface area (Å²) < 4.78 is 14.3. The summed E-state index contributed by atoms with van der Waals surface area (Å²) in [7, 11) is 1.73. The van der Waals surface area contributed by atoms with E-state index in [1.165, 1.54) is 17.4 Å². The first-order chi connectivity index (χ1) is 14.9. The molecule has 0 saturated carbocycles. The van der Waals surface area contributed by atoms with E-state index in [1.807, 2.05) is 6.92 Å². The highest BCUT2D eigenvalue weighted by Gasteiger charge is 2.22. The van der Waals surface area contributed by atoms with Crippen LogP contribution in [0, 0.1) is 11.7 Å². The van der Waals surface area contributed by atoms with Crippen LogP contribution in [0.2, 0.25) is 5.02 Å². The van der Waals surface area contributed by atoms with Crippen LogP contribution in [0.1, 0.15) is 19.8 Å². The number of aromatic nitrogens is 2. The molecule has 4 rings (SSSR count). The molecule has 1 saturated heterocycles. The van der Waals surface area contributed by atoms with Gasteiger partial charge in [0.25, 0.3) is 0 Å². The van der Waals surface area contributed by atoms with Crippen LogP contribution in [0.5, 0.6) is 0 Å². The van der Waals surface area contributed by atoms with E-state index in [-0.39, 0.29) is 12.1 Å². The molecule has 1 fully saturated rings. The van der Waals surface area contributed by atoms with Crippen molar-refractivity contribution in [3.8, 4) is 0 Å². The molecule has 164 valence electrons. The smallest absolute Gasteiger partial charge is 0.321 e. The van der Waals surface area contributed by atoms with Crippen molar-refractivity contribution in [2.75, 3.05) is 30.4 Å². The highest BCUT2D eigenvalue weighted by atomic mass is 35.5. The minimum Gasteiger partial charge on any atom is -0.335 e. The molecule has 1 aliphatic heterocycles. The number of anilines is 3. The molecule has 31 heavy (non-hydrogen) atoms. The summed E-state index contributed by atoms with van der Waals surface area (Å²) in [4.78, 5) is 23.7. The first-order valence-corrected chi connectivity index (χ1v) is 11.3. The van der Waals surface area contributed by atoms with Crippen molar-refractivity contribution < 1.29 is 9.18 Å². The number of pyridine rings is 1. The number of thiazole rings is 1. The minimum absolute atomic E-state index is 0.0872. The Hall–Kier alpha value is -2.49. The van der Waals surface area contributed by atoms with Gasteiger partial charge in [-0.05, 0) is 69.1 Å². The zero-order valence-electron chi connectivity index (χ0n) is 17.3. The number of hydrogen-bond donors (Lipinski definition) is 3. The van der Waals surface area contributed by atoms with Gasteiger partial charge in [-0.3, -0.25) is 5.32 Å².